The molecule has 0 saturated heterocycles. The maximum atomic E-state index is 6.05. The first kappa shape index (κ1) is 10.8. The van der Waals surface area contributed by atoms with E-state index in [-0.39, 0.29) is 0 Å². The van der Waals surface area contributed by atoms with E-state index in [1.807, 2.05) is 25.2 Å². The van der Waals surface area contributed by atoms with Crippen LogP contribution < -0.4 is 10.1 Å². The fourth-order valence-electron chi connectivity index (χ4n) is 1.46. The highest BCUT2D eigenvalue weighted by atomic mass is 35.5. The van der Waals surface area contributed by atoms with Gasteiger partial charge in [0.15, 0.2) is 0 Å². The number of rotatable bonds is 5. The van der Waals surface area contributed by atoms with Gasteiger partial charge in [0.2, 0.25) is 0 Å². The second-order valence-corrected chi connectivity index (χ2v) is 4.46. The van der Waals surface area contributed by atoms with Crippen LogP contribution in [0.4, 0.5) is 0 Å². The Labute approximate surface area is 95.6 Å². The fourth-order valence-corrected chi connectivity index (χ4v) is 1.64. The van der Waals surface area contributed by atoms with E-state index in [4.69, 9.17) is 16.3 Å². The average Bonchev–Trinajstić information content (AvgIpc) is 3.03. The van der Waals surface area contributed by atoms with Crippen molar-refractivity contribution in [3.05, 3.63) is 28.8 Å². The monoisotopic (exact) mass is 225 g/mol. The zero-order valence-corrected chi connectivity index (χ0v) is 9.68. The van der Waals surface area contributed by atoms with Gasteiger partial charge in [0, 0.05) is 6.54 Å². The molecule has 1 N–H and O–H groups in total. The number of ether oxygens (including phenoxy) is 1. The van der Waals surface area contributed by atoms with Crippen LogP contribution in [-0.4, -0.2) is 13.7 Å². The van der Waals surface area contributed by atoms with Crippen molar-refractivity contribution in [2.75, 3.05) is 13.7 Å². The van der Waals surface area contributed by atoms with E-state index >= 15 is 0 Å². The third-order valence-corrected chi connectivity index (χ3v) is 2.86. The van der Waals surface area contributed by atoms with E-state index in [1.165, 1.54) is 18.4 Å². The summed E-state index contributed by atoms with van der Waals surface area (Å²) in [6.07, 6.45) is 2.60. The van der Waals surface area contributed by atoms with Gasteiger partial charge in [-0.15, -0.1) is 0 Å². The van der Waals surface area contributed by atoms with Crippen LogP contribution in [0.2, 0.25) is 5.02 Å². The molecule has 82 valence electrons. The van der Waals surface area contributed by atoms with Crippen molar-refractivity contribution in [3.63, 3.8) is 0 Å². The van der Waals surface area contributed by atoms with Gasteiger partial charge < -0.3 is 10.1 Å². The van der Waals surface area contributed by atoms with Gasteiger partial charge in [0.05, 0.1) is 11.6 Å². The standard InChI is InChI=1S/C12H16ClNO/c1-14-7-10-4-5-11(13)12(6-10)15-8-9-2-3-9/h4-6,9,14H,2-3,7-8H2,1H3. The van der Waals surface area contributed by atoms with Crippen molar-refractivity contribution in [1.82, 2.24) is 5.32 Å². The highest BCUT2D eigenvalue weighted by molar-refractivity contribution is 6.32. The smallest absolute Gasteiger partial charge is 0.138 e. The molecule has 0 spiro atoms. The molecule has 15 heavy (non-hydrogen) atoms. The lowest BCUT2D eigenvalue weighted by Crippen LogP contribution is -2.06. The zero-order chi connectivity index (χ0) is 10.7. The summed E-state index contributed by atoms with van der Waals surface area (Å²) in [6, 6.07) is 5.93. The largest absolute Gasteiger partial charge is 0.492 e. The number of hydrogen-bond acceptors (Lipinski definition) is 2. The van der Waals surface area contributed by atoms with Crippen LogP contribution in [-0.2, 0) is 6.54 Å². The molecule has 1 aliphatic rings. The summed E-state index contributed by atoms with van der Waals surface area (Å²) in [7, 11) is 1.93. The topological polar surface area (TPSA) is 21.3 Å². The second kappa shape index (κ2) is 4.86. The molecular formula is C12H16ClNO. The van der Waals surface area contributed by atoms with Crippen LogP contribution in [0.15, 0.2) is 18.2 Å². The van der Waals surface area contributed by atoms with Crippen molar-refractivity contribution in [2.24, 2.45) is 5.92 Å². The molecule has 1 aromatic rings. The minimum atomic E-state index is 0.704. The molecule has 0 aromatic heterocycles. The molecule has 1 aliphatic carbocycles. The summed E-state index contributed by atoms with van der Waals surface area (Å²) in [5.41, 5.74) is 1.20. The Hall–Kier alpha value is -0.730. The maximum Gasteiger partial charge on any atom is 0.138 e. The number of benzene rings is 1. The van der Waals surface area contributed by atoms with E-state index in [2.05, 4.69) is 5.32 Å². The molecule has 0 aliphatic heterocycles. The molecule has 2 nitrogen and oxygen atoms in total. The van der Waals surface area contributed by atoms with E-state index in [9.17, 15) is 0 Å². The van der Waals surface area contributed by atoms with Crippen molar-refractivity contribution in [1.29, 1.82) is 0 Å². The third-order valence-electron chi connectivity index (χ3n) is 2.55. The van der Waals surface area contributed by atoms with Crippen molar-refractivity contribution in [3.8, 4) is 5.75 Å². The number of hydrogen-bond donors (Lipinski definition) is 1. The summed E-state index contributed by atoms with van der Waals surface area (Å²) < 4.78 is 5.69. The normalized spacial score (nSPS) is 15.3. The Morgan fingerprint density at radius 1 is 1.47 bits per heavy atom. The minimum Gasteiger partial charge on any atom is -0.492 e. The molecule has 1 aromatic carbocycles. The predicted molar refractivity (Wildman–Crippen MR) is 62.4 cm³/mol. The van der Waals surface area contributed by atoms with Crippen molar-refractivity contribution in [2.45, 2.75) is 19.4 Å². The second-order valence-electron chi connectivity index (χ2n) is 4.05. The summed E-state index contributed by atoms with van der Waals surface area (Å²) in [5.74, 6) is 1.57. The van der Waals surface area contributed by atoms with Crippen LogP contribution in [0.3, 0.4) is 0 Å². The molecule has 0 heterocycles. The Bertz CT molecular complexity index is 336. The highest BCUT2D eigenvalue weighted by Gasteiger charge is 2.22. The Kier molecular flexibility index (Phi) is 3.49. The van der Waals surface area contributed by atoms with Gasteiger partial charge >= 0.3 is 0 Å². The number of halogens is 1. The molecule has 1 saturated carbocycles. The average molecular weight is 226 g/mol. The van der Waals surface area contributed by atoms with Crippen molar-refractivity contribution < 1.29 is 4.74 Å². The van der Waals surface area contributed by atoms with Gasteiger partial charge in [-0.3, -0.25) is 0 Å². The minimum absolute atomic E-state index is 0.704. The summed E-state index contributed by atoms with van der Waals surface area (Å²) in [5, 5.41) is 3.81. The van der Waals surface area contributed by atoms with E-state index < -0.39 is 0 Å². The van der Waals surface area contributed by atoms with E-state index in [0.717, 1.165) is 24.8 Å². The fraction of sp³-hybridized carbons (Fsp3) is 0.500. The highest BCUT2D eigenvalue weighted by Crippen LogP contribution is 2.32. The first-order valence-corrected chi connectivity index (χ1v) is 5.73. The van der Waals surface area contributed by atoms with E-state index in [1.54, 1.807) is 0 Å². The SMILES string of the molecule is CNCc1ccc(Cl)c(OCC2CC2)c1. The first-order valence-electron chi connectivity index (χ1n) is 5.35. The Morgan fingerprint density at radius 2 is 2.27 bits per heavy atom. The lowest BCUT2D eigenvalue weighted by Gasteiger charge is -2.09. The van der Waals surface area contributed by atoms with Crippen molar-refractivity contribution >= 4 is 11.6 Å². The lowest BCUT2D eigenvalue weighted by molar-refractivity contribution is 0.299. The molecule has 0 atom stereocenters. The van der Waals surface area contributed by atoms with Gasteiger partial charge in [-0.25, -0.2) is 0 Å². The molecule has 0 amide bonds. The van der Waals surface area contributed by atoms with Crippen LogP contribution in [0.5, 0.6) is 5.75 Å². The molecule has 0 bridgehead atoms. The van der Waals surface area contributed by atoms with Gasteiger partial charge in [0.1, 0.15) is 5.75 Å². The Balaban J connectivity index is 2.01. The van der Waals surface area contributed by atoms with Gasteiger partial charge in [-0.2, -0.15) is 0 Å². The summed E-state index contributed by atoms with van der Waals surface area (Å²) >= 11 is 6.05. The Morgan fingerprint density at radius 3 is 2.93 bits per heavy atom. The lowest BCUT2D eigenvalue weighted by atomic mass is 10.2. The quantitative estimate of drug-likeness (QED) is 0.832. The summed E-state index contributed by atoms with van der Waals surface area (Å²) in [4.78, 5) is 0. The molecule has 1 fully saturated rings. The maximum absolute atomic E-state index is 6.05. The van der Waals surface area contributed by atoms with Crippen LogP contribution in [0, 0.1) is 5.92 Å². The molecule has 0 radical (unpaired) electrons. The van der Waals surface area contributed by atoms with Crippen LogP contribution in [0.25, 0.3) is 0 Å². The first-order chi connectivity index (χ1) is 7.29. The zero-order valence-electron chi connectivity index (χ0n) is 8.92. The molecule has 2 rings (SSSR count). The molecule has 3 heteroatoms. The van der Waals surface area contributed by atoms with E-state index in [0.29, 0.717) is 5.02 Å². The van der Waals surface area contributed by atoms with Gasteiger partial charge in [-0.05, 0) is 43.5 Å². The number of nitrogens with one attached hydrogen (secondary N) is 1. The van der Waals surface area contributed by atoms with Gasteiger partial charge in [0.25, 0.3) is 0 Å². The molecule has 0 unspecified atom stereocenters. The van der Waals surface area contributed by atoms with Crippen LogP contribution >= 0.6 is 11.6 Å². The third kappa shape index (κ3) is 3.11. The molecular weight excluding hydrogens is 210 g/mol. The van der Waals surface area contributed by atoms with Crippen LogP contribution in [0.1, 0.15) is 18.4 Å². The summed E-state index contributed by atoms with van der Waals surface area (Å²) in [6.45, 7) is 1.65. The van der Waals surface area contributed by atoms with Gasteiger partial charge in [-0.1, -0.05) is 17.7 Å². The predicted octanol–water partition coefficient (Wildman–Crippen LogP) is 2.85.